The molecule has 7 heteroatoms. The van der Waals surface area contributed by atoms with E-state index in [0.717, 1.165) is 12.8 Å². The van der Waals surface area contributed by atoms with Crippen LogP contribution in [0.1, 0.15) is 25.7 Å². The van der Waals surface area contributed by atoms with Crippen molar-refractivity contribution in [3.8, 4) is 5.75 Å². The summed E-state index contributed by atoms with van der Waals surface area (Å²) in [6, 6.07) is 5.61. The summed E-state index contributed by atoms with van der Waals surface area (Å²) >= 11 is 0. The van der Waals surface area contributed by atoms with Crippen molar-refractivity contribution in [3.05, 3.63) is 24.3 Å². The van der Waals surface area contributed by atoms with Crippen molar-refractivity contribution in [2.75, 3.05) is 5.32 Å². The molecule has 1 aliphatic carbocycles. The molecule has 0 radical (unpaired) electrons. The third-order valence-corrected chi connectivity index (χ3v) is 3.51. The summed E-state index contributed by atoms with van der Waals surface area (Å²) in [5.74, 6) is -0.922. The molecule has 0 spiro atoms. The molecule has 1 aromatic rings. The van der Waals surface area contributed by atoms with E-state index in [9.17, 15) is 18.0 Å². The van der Waals surface area contributed by atoms with Gasteiger partial charge in [0.05, 0.1) is 5.69 Å². The van der Waals surface area contributed by atoms with Crippen LogP contribution in [-0.4, -0.2) is 18.3 Å². The second-order valence-electron chi connectivity index (χ2n) is 5.14. The number of anilines is 1. The van der Waals surface area contributed by atoms with Crippen molar-refractivity contribution < 1.29 is 22.7 Å². The second kappa shape index (κ2) is 6.34. The van der Waals surface area contributed by atoms with Gasteiger partial charge in [0.2, 0.25) is 5.91 Å². The number of alkyl halides is 3. The molecule has 1 aromatic carbocycles. The Hall–Kier alpha value is -1.76. The first-order valence-corrected chi connectivity index (χ1v) is 6.76. The van der Waals surface area contributed by atoms with Crippen molar-refractivity contribution >= 4 is 11.6 Å². The molecule has 1 amide bonds. The average molecular weight is 302 g/mol. The number of hydrogen-bond acceptors (Lipinski definition) is 3. The van der Waals surface area contributed by atoms with Gasteiger partial charge >= 0.3 is 6.36 Å². The number of para-hydroxylation sites is 2. The van der Waals surface area contributed by atoms with Crippen molar-refractivity contribution in [3.63, 3.8) is 0 Å². The highest BCUT2D eigenvalue weighted by molar-refractivity contribution is 5.94. The monoisotopic (exact) mass is 302 g/mol. The van der Waals surface area contributed by atoms with Crippen LogP contribution in [0.4, 0.5) is 18.9 Å². The number of rotatable bonds is 3. The first-order chi connectivity index (χ1) is 9.85. The molecule has 0 heterocycles. The molecule has 1 fully saturated rings. The molecule has 0 aromatic heterocycles. The lowest BCUT2D eigenvalue weighted by atomic mass is 9.86. The first kappa shape index (κ1) is 15.6. The van der Waals surface area contributed by atoms with Crippen LogP contribution in [0, 0.1) is 5.92 Å². The number of carbonyl (C=O) groups is 1. The quantitative estimate of drug-likeness (QED) is 0.902. The number of nitrogens with two attached hydrogens (primary N) is 1. The van der Waals surface area contributed by atoms with Crippen LogP contribution < -0.4 is 15.8 Å². The minimum atomic E-state index is -4.79. The van der Waals surface area contributed by atoms with E-state index in [1.54, 1.807) is 0 Å². The molecule has 0 saturated heterocycles. The number of ether oxygens (including phenoxy) is 1. The Morgan fingerprint density at radius 1 is 1.19 bits per heavy atom. The molecule has 0 bridgehead atoms. The fourth-order valence-corrected chi connectivity index (χ4v) is 2.40. The van der Waals surface area contributed by atoms with Crippen molar-refractivity contribution in [2.24, 2.45) is 11.7 Å². The zero-order valence-electron chi connectivity index (χ0n) is 11.3. The van der Waals surface area contributed by atoms with Crippen molar-refractivity contribution in [2.45, 2.75) is 38.1 Å². The molecule has 1 aliphatic rings. The van der Waals surface area contributed by atoms with Gasteiger partial charge in [0.25, 0.3) is 0 Å². The maximum atomic E-state index is 12.3. The molecule has 1 saturated carbocycles. The van der Waals surface area contributed by atoms with Crippen molar-refractivity contribution in [1.29, 1.82) is 0 Å². The maximum absolute atomic E-state index is 12.3. The zero-order valence-corrected chi connectivity index (χ0v) is 11.3. The summed E-state index contributed by atoms with van der Waals surface area (Å²) < 4.78 is 40.8. The fourth-order valence-electron chi connectivity index (χ4n) is 2.40. The highest BCUT2D eigenvalue weighted by Gasteiger charge is 2.32. The summed E-state index contributed by atoms with van der Waals surface area (Å²) in [7, 11) is 0. The predicted molar refractivity (Wildman–Crippen MR) is 71.7 cm³/mol. The third-order valence-electron chi connectivity index (χ3n) is 3.51. The van der Waals surface area contributed by atoms with Crippen LogP contribution in [0.15, 0.2) is 24.3 Å². The Morgan fingerprint density at radius 3 is 2.43 bits per heavy atom. The van der Waals surface area contributed by atoms with Crippen molar-refractivity contribution in [1.82, 2.24) is 0 Å². The highest BCUT2D eigenvalue weighted by Crippen LogP contribution is 2.31. The van der Waals surface area contributed by atoms with E-state index in [2.05, 4.69) is 10.1 Å². The molecule has 0 unspecified atom stereocenters. The first-order valence-electron chi connectivity index (χ1n) is 6.76. The lowest BCUT2D eigenvalue weighted by Crippen LogP contribution is -2.32. The smallest absolute Gasteiger partial charge is 0.404 e. The van der Waals surface area contributed by atoms with Gasteiger partial charge in [-0.05, 0) is 37.8 Å². The number of amides is 1. The van der Waals surface area contributed by atoms with E-state index >= 15 is 0 Å². The Kier molecular flexibility index (Phi) is 4.72. The Balaban J connectivity index is 2.04. The standard InChI is InChI=1S/C14H17F3N2O2/c15-14(16,17)21-12-4-2-1-3-11(12)19-13(20)9-5-7-10(18)8-6-9/h1-4,9-10H,5-8,18H2,(H,19,20). The van der Waals surface area contributed by atoms with Gasteiger partial charge in [-0.15, -0.1) is 13.2 Å². The topological polar surface area (TPSA) is 64.4 Å². The SMILES string of the molecule is NC1CCC(C(=O)Nc2ccccc2OC(F)(F)F)CC1. The van der Waals surface area contributed by atoms with Gasteiger partial charge in [-0.3, -0.25) is 4.79 Å². The van der Waals surface area contributed by atoms with Gasteiger partial charge in [0.1, 0.15) is 0 Å². The van der Waals surface area contributed by atoms with Crippen LogP contribution in [0.2, 0.25) is 0 Å². The molecule has 0 aliphatic heterocycles. The Morgan fingerprint density at radius 2 is 1.81 bits per heavy atom. The van der Waals surface area contributed by atoms with E-state index in [-0.39, 0.29) is 23.6 Å². The lowest BCUT2D eigenvalue weighted by molar-refractivity contribution is -0.274. The normalized spacial score (nSPS) is 22.7. The molecular formula is C14H17F3N2O2. The summed E-state index contributed by atoms with van der Waals surface area (Å²) in [6.07, 6.45) is -2.00. The van der Waals surface area contributed by atoms with E-state index in [4.69, 9.17) is 5.73 Å². The zero-order chi connectivity index (χ0) is 15.5. The molecule has 4 nitrogen and oxygen atoms in total. The molecule has 0 atom stereocenters. The van der Waals surface area contributed by atoms with Gasteiger partial charge in [0, 0.05) is 12.0 Å². The summed E-state index contributed by atoms with van der Waals surface area (Å²) in [5.41, 5.74) is 5.79. The van der Waals surface area contributed by atoms with E-state index in [1.165, 1.54) is 24.3 Å². The van der Waals surface area contributed by atoms with E-state index in [0.29, 0.717) is 12.8 Å². The summed E-state index contributed by atoms with van der Waals surface area (Å²) in [6.45, 7) is 0. The molecular weight excluding hydrogens is 285 g/mol. The Labute approximate surface area is 120 Å². The Bertz CT molecular complexity index is 497. The van der Waals surface area contributed by atoms with Crippen LogP contribution in [-0.2, 0) is 4.79 Å². The molecule has 3 N–H and O–H groups in total. The van der Waals surface area contributed by atoms with Crippen LogP contribution in [0.5, 0.6) is 5.75 Å². The predicted octanol–water partition coefficient (Wildman–Crippen LogP) is 3.04. The molecule has 116 valence electrons. The minimum absolute atomic E-state index is 0.0229. The van der Waals surface area contributed by atoms with Crippen LogP contribution in [0.25, 0.3) is 0 Å². The third kappa shape index (κ3) is 4.63. The van der Waals surface area contributed by atoms with E-state index < -0.39 is 12.1 Å². The summed E-state index contributed by atoms with van der Waals surface area (Å²) in [5, 5.41) is 2.51. The number of nitrogens with one attached hydrogen (secondary N) is 1. The summed E-state index contributed by atoms with van der Waals surface area (Å²) in [4.78, 5) is 12.1. The van der Waals surface area contributed by atoms with Gasteiger partial charge in [-0.2, -0.15) is 0 Å². The molecule has 21 heavy (non-hydrogen) atoms. The van der Waals surface area contributed by atoms with Gasteiger partial charge in [-0.1, -0.05) is 12.1 Å². The largest absolute Gasteiger partial charge is 0.573 e. The van der Waals surface area contributed by atoms with Gasteiger partial charge in [0.15, 0.2) is 5.75 Å². The molecule has 2 rings (SSSR count). The number of carbonyl (C=O) groups excluding carboxylic acids is 1. The second-order valence-corrected chi connectivity index (χ2v) is 5.14. The van der Waals surface area contributed by atoms with Crippen LogP contribution in [0.3, 0.4) is 0 Å². The minimum Gasteiger partial charge on any atom is -0.404 e. The van der Waals surface area contributed by atoms with E-state index in [1.807, 2.05) is 0 Å². The van der Waals surface area contributed by atoms with Gasteiger partial charge in [-0.25, -0.2) is 0 Å². The van der Waals surface area contributed by atoms with Crippen LogP contribution >= 0.6 is 0 Å². The maximum Gasteiger partial charge on any atom is 0.573 e. The highest BCUT2D eigenvalue weighted by atomic mass is 19.4. The number of hydrogen-bond donors (Lipinski definition) is 2. The van der Waals surface area contributed by atoms with Gasteiger partial charge < -0.3 is 15.8 Å². The average Bonchev–Trinajstić information content (AvgIpc) is 2.40. The number of halogens is 3. The fraction of sp³-hybridized carbons (Fsp3) is 0.500. The number of benzene rings is 1. The lowest BCUT2D eigenvalue weighted by Gasteiger charge is -2.25.